The van der Waals surface area contributed by atoms with E-state index in [0.29, 0.717) is 30.4 Å². The number of rotatable bonds is 18. The number of nitrogens with zero attached hydrogens (tertiary/aromatic N) is 5. The Morgan fingerprint density at radius 1 is 0.938 bits per heavy atom. The summed E-state index contributed by atoms with van der Waals surface area (Å²) in [4.78, 5) is 52.3. The van der Waals surface area contributed by atoms with Crippen LogP contribution >= 0.6 is 0 Å². The van der Waals surface area contributed by atoms with Crippen molar-refractivity contribution in [2.24, 2.45) is 5.41 Å². The Balaban J connectivity index is 0.00000148. The number of ether oxygens (including phenoxy) is 2. The maximum absolute atomic E-state index is 13.9. The second-order valence-electron chi connectivity index (χ2n) is 13.5. The van der Waals surface area contributed by atoms with Crippen molar-refractivity contribution in [2.75, 3.05) is 55.5 Å². The number of benzene rings is 1. The van der Waals surface area contributed by atoms with Crippen LogP contribution in [0.1, 0.15) is 100 Å². The van der Waals surface area contributed by atoms with Crippen LogP contribution < -0.4 is 19.9 Å². The van der Waals surface area contributed by atoms with Crippen LogP contribution in [0.5, 0.6) is 5.75 Å². The molecule has 2 aromatic rings. The van der Waals surface area contributed by atoms with Crippen molar-refractivity contribution in [1.29, 1.82) is 0 Å². The summed E-state index contributed by atoms with van der Waals surface area (Å²) in [7, 11) is 3.39. The summed E-state index contributed by atoms with van der Waals surface area (Å²) in [6.45, 7) is 22.6. The maximum atomic E-state index is 13.9. The molecule has 1 atom stereocenters. The van der Waals surface area contributed by atoms with Gasteiger partial charge in [0.25, 0.3) is 0 Å². The molecule has 11 heteroatoms. The number of esters is 1. The third-order valence-corrected chi connectivity index (χ3v) is 7.60. The lowest BCUT2D eigenvalue weighted by atomic mass is 9.86. The summed E-state index contributed by atoms with van der Waals surface area (Å²) in [6, 6.07) is 6.84. The highest BCUT2D eigenvalue weighted by molar-refractivity contribution is 5.99. The van der Waals surface area contributed by atoms with E-state index in [4.69, 9.17) is 14.5 Å². The van der Waals surface area contributed by atoms with Gasteiger partial charge >= 0.3 is 5.97 Å². The number of methoxy groups -OCH3 is 1. The molecule has 0 aliphatic carbocycles. The average molecular weight is 671 g/mol. The van der Waals surface area contributed by atoms with Gasteiger partial charge in [-0.2, -0.15) is 4.98 Å². The Hall–Kier alpha value is -3.89. The fourth-order valence-electron chi connectivity index (χ4n) is 5.11. The minimum absolute atomic E-state index is 0.00686. The Morgan fingerprint density at radius 2 is 1.54 bits per heavy atom. The summed E-state index contributed by atoms with van der Waals surface area (Å²) in [5.74, 6) is 1.31. The molecule has 1 N–H and O–H groups in total. The van der Waals surface area contributed by atoms with E-state index in [9.17, 15) is 14.4 Å². The van der Waals surface area contributed by atoms with Crippen LogP contribution in [0.2, 0.25) is 0 Å². The first-order valence-electron chi connectivity index (χ1n) is 17.3. The molecule has 0 aliphatic heterocycles. The third-order valence-electron chi connectivity index (χ3n) is 7.60. The first kappa shape index (κ1) is 42.1. The summed E-state index contributed by atoms with van der Waals surface area (Å²) in [6.07, 6.45) is 6.34. The number of carbonyl (C=O) groups excluding carboxylic acids is 3. The SMILES string of the molecule is CCCN(C(=O)C(C)(C)CCC)c1cnc(N(CC)CC)nc1NC(Cc1ccc(OC)cc1)C(=O)OC(C)(C)C.CCCN(C)C=O. The van der Waals surface area contributed by atoms with E-state index in [0.717, 1.165) is 63.0 Å². The van der Waals surface area contributed by atoms with Gasteiger partial charge in [0.15, 0.2) is 5.82 Å². The quantitative estimate of drug-likeness (QED) is 0.136. The predicted octanol–water partition coefficient (Wildman–Crippen LogP) is 6.75. The molecule has 1 heterocycles. The fourth-order valence-corrected chi connectivity index (χ4v) is 5.11. The number of amides is 2. The lowest BCUT2D eigenvalue weighted by Crippen LogP contribution is -2.43. The molecular weight excluding hydrogens is 608 g/mol. The van der Waals surface area contributed by atoms with Gasteiger partial charge in [0.1, 0.15) is 23.1 Å². The van der Waals surface area contributed by atoms with Crippen LogP contribution in [0.4, 0.5) is 17.5 Å². The highest BCUT2D eigenvalue weighted by Crippen LogP contribution is 2.33. The van der Waals surface area contributed by atoms with Gasteiger partial charge in [-0.25, -0.2) is 9.78 Å². The number of hydrogen-bond acceptors (Lipinski definition) is 9. The number of nitrogens with one attached hydrogen (secondary N) is 1. The minimum Gasteiger partial charge on any atom is -0.497 e. The third kappa shape index (κ3) is 13.7. The van der Waals surface area contributed by atoms with Crippen LogP contribution in [-0.2, 0) is 25.5 Å². The molecule has 2 rings (SSSR count). The van der Waals surface area contributed by atoms with E-state index in [1.54, 1.807) is 30.2 Å². The molecular formula is C37H62N6O5. The van der Waals surface area contributed by atoms with Gasteiger partial charge in [-0.1, -0.05) is 53.2 Å². The van der Waals surface area contributed by atoms with Crippen molar-refractivity contribution in [2.45, 2.75) is 113 Å². The van der Waals surface area contributed by atoms with Crippen molar-refractivity contribution < 1.29 is 23.9 Å². The normalized spacial score (nSPS) is 11.8. The molecule has 1 aromatic carbocycles. The Morgan fingerprint density at radius 3 is 2.00 bits per heavy atom. The second kappa shape index (κ2) is 20.5. The summed E-state index contributed by atoms with van der Waals surface area (Å²) < 4.78 is 11.1. The molecule has 11 nitrogen and oxygen atoms in total. The minimum atomic E-state index is -0.761. The molecule has 1 unspecified atom stereocenters. The first-order valence-corrected chi connectivity index (χ1v) is 17.3. The summed E-state index contributed by atoms with van der Waals surface area (Å²) in [5.41, 5.74) is 0.248. The fraction of sp³-hybridized carbons (Fsp3) is 0.649. The molecule has 0 bridgehead atoms. The monoisotopic (exact) mass is 670 g/mol. The lowest BCUT2D eigenvalue weighted by Gasteiger charge is -2.33. The van der Waals surface area contributed by atoms with Crippen LogP contribution in [0.15, 0.2) is 30.5 Å². The largest absolute Gasteiger partial charge is 0.497 e. The molecule has 0 saturated heterocycles. The summed E-state index contributed by atoms with van der Waals surface area (Å²) >= 11 is 0. The molecule has 270 valence electrons. The van der Waals surface area contributed by atoms with Crippen molar-refractivity contribution in [3.05, 3.63) is 36.0 Å². The molecule has 48 heavy (non-hydrogen) atoms. The van der Waals surface area contributed by atoms with Crippen LogP contribution in [-0.4, -0.2) is 85.1 Å². The predicted molar refractivity (Wildman–Crippen MR) is 196 cm³/mol. The Bertz CT molecular complexity index is 1260. The average Bonchev–Trinajstić information content (AvgIpc) is 3.04. The molecule has 0 radical (unpaired) electrons. The Kier molecular flexibility index (Phi) is 18.0. The van der Waals surface area contributed by atoms with E-state index >= 15 is 0 Å². The zero-order valence-corrected chi connectivity index (χ0v) is 31.7. The van der Waals surface area contributed by atoms with Gasteiger partial charge in [-0.3, -0.25) is 9.59 Å². The van der Waals surface area contributed by atoms with Gasteiger partial charge in [0, 0.05) is 45.1 Å². The zero-order valence-electron chi connectivity index (χ0n) is 31.7. The Labute approximate surface area is 289 Å². The van der Waals surface area contributed by atoms with Crippen molar-refractivity contribution in [3.63, 3.8) is 0 Å². The first-order chi connectivity index (χ1) is 22.6. The summed E-state index contributed by atoms with van der Waals surface area (Å²) in [5, 5.41) is 3.39. The van der Waals surface area contributed by atoms with Crippen molar-refractivity contribution >= 4 is 35.7 Å². The standard InChI is InChI=1S/C32H51N5O4.C5H11NO/c1-11-19-32(8,9)29(39)37(20-12-2)26-22-33-30(36(13-3)14-4)35-27(26)34-25(28(38)41-31(5,6)7)21-23-15-17-24(40-10)18-16-23;1-3-4-6(2)5-7/h15-18,22,25H,11-14,19-21H2,1-10H3,(H,33,34,35);5H,3-4H2,1-2H3. The molecule has 2 amide bonds. The number of anilines is 3. The van der Waals surface area contributed by atoms with Crippen LogP contribution in [0, 0.1) is 5.41 Å². The van der Waals surface area contributed by atoms with Gasteiger partial charge in [-0.15, -0.1) is 0 Å². The van der Waals surface area contributed by atoms with Gasteiger partial charge in [-0.05, 0) is 71.6 Å². The van der Waals surface area contributed by atoms with E-state index in [1.165, 1.54) is 0 Å². The van der Waals surface area contributed by atoms with E-state index in [1.807, 2.05) is 91.5 Å². The zero-order chi connectivity index (χ0) is 36.5. The molecule has 0 fully saturated rings. The van der Waals surface area contributed by atoms with E-state index in [2.05, 4.69) is 17.2 Å². The molecule has 0 saturated carbocycles. The van der Waals surface area contributed by atoms with Crippen LogP contribution in [0.3, 0.4) is 0 Å². The smallest absolute Gasteiger partial charge is 0.329 e. The highest BCUT2D eigenvalue weighted by atomic mass is 16.6. The number of carbonyl (C=O) groups is 3. The number of aromatic nitrogens is 2. The second-order valence-corrected chi connectivity index (χ2v) is 13.5. The molecule has 0 spiro atoms. The topological polar surface area (TPSA) is 117 Å². The lowest BCUT2D eigenvalue weighted by molar-refractivity contribution is -0.155. The van der Waals surface area contributed by atoms with Crippen molar-refractivity contribution in [3.8, 4) is 5.75 Å². The van der Waals surface area contributed by atoms with Gasteiger partial charge in [0.05, 0.1) is 13.3 Å². The maximum Gasteiger partial charge on any atom is 0.329 e. The van der Waals surface area contributed by atoms with Crippen molar-refractivity contribution in [1.82, 2.24) is 14.9 Å². The number of hydrogen-bond donors (Lipinski definition) is 1. The van der Waals surface area contributed by atoms with Gasteiger partial charge in [0.2, 0.25) is 18.3 Å². The van der Waals surface area contributed by atoms with Gasteiger partial charge < -0.3 is 29.5 Å². The van der Waals surface area contributed by atoms with E-state index in [-0.39, 0.29) is 5.91 Å². The highest BCUT2D eigenvalue weighted by Gasteiger charge is 2.34. The molecule has 1 aromatic heterocycles. The molecule has 0 aliphatic rings. The van der Waals surface area contributed by atoms with E-state index < -0.39 is 23.0 Å². The van der Waals surface area contributed by atoms with Crippen LogP contribution in [0.25, 0.3) is 0 Å².